The molecule has 1 aromatic carbocycles. The average Bonchev–Trinajstić information content (AvgIpc) is 2.85. The van der Waals surface area contributed by atoms with Crippen LogP contribution < -0.4 is 15.5 Å². The number of benzene rings is 1. The normalized spacial score (nSPS) is 14.4. The molecule has 0 atom stereocenters. The SMILES string of the molecule is COCCNC(=S)Nc1cccc(N2CCCC2=O)c1. The van der Waals surface area contributed by atoms with E-state index >= 15 is 0 Å². The van der Waals surface area contributed by atoms with Gasteiger partial charge in [-0.05, 0) is 36.8 Å². The lowest BCUT2D eigenvalue weighted by Crippen LogP contribution is -2.31. The van der Waals surface area contributed by atoms with Gasteiger partial charge < -0.3 is 20.3 Å². The lowest BCUT2D eigenvalue weighted by Gasteiger charge is -2.17. The third-order valence-corrected chi connectivity index (χ3v) is 3.33. The zero-order valence-electron chi connectivity index (χ0n) is 11.5. The minimum Gasteiger partial charge on any atom is -0.383 e. The third kappa shape index (κ3) is 3.91. The van der Waals surface area contributed by atoms with Gasteiger partial charge in [0.25, 0.3) is 0 Å². The van der Waals surface area contributed by atoms with Crippen molar-refractivity contribution in [3.63, 3.8) is 0 Å². The Labute approximate surface area is 124 Å². The zero-order valence-corrected chi connectivity index (χ0v) is 12.3. The first-order valence-corrected chi connectivity index (χ1v) is 7.06. The Hall–Kier alpha value is -1.66. The van der Waals surface area contributed by atoms with E-state index in [-0.39, 0.29) is 5.91 Å². The summed E-state index contributed by atoms with van der Waals surface area (Å²) in [5.41, 5.74) is 1.79. The van der Waals surface area contributed by atoms with E-state index in [4.69, 9.17) is 17.0 Å². The smallest absolute Gasteiger partial charge is 0.227 e. The molecule has 1 aromatic rings. The maximum Gasteiger partial charge on any atom is 0.227 e. The minimum atomic E-state index is 0.183. The molecule has 0 radical (unpaired) electrons. The molecule has 0 aliphatic carbocycles. The Morgan fingerprint density at radius 3 is 3.05 bits per heavy atom. The topological polar surface area (TPSA) is 53.6 Å². The van der Waals surface area contributed by atoms with Crippen LogP contribution in [-0.2, 0) is 9.53 Å². The van der Waals surface area contributed by atoms with Gasteiger partial charge in [-0.1, -0.05) is 6.07 Å². The summed E-state index contributed by atoms with van der Waals surface area (Å²) >= 11 is 5.19. The quantitative estimate of drug-likeness (QED) is 0.640. The van der Waals surface area contributed by atoms with Crippen molar-refractivity contribution in [2.24, 2.45) is 0 Å². The van der Waals surface area contributed by atoms with E-state index in [0.29, 0.717) is 24.7 Å². The molecular formula is C14H19N3O2S. The summed E-state index contributed by atoms with van der Waals surface area (Å²) in [6.45, 7) is 2.05. The van der Waals surface area contributed by atoms with Crippen molar-refractivity contribution in [3.8, 4) is 0 Å². The summed E-state index contributed by atoms with van der Waals surface area (Å²) in [6, 6.07) is 7.72. The number of amides is 1. The number of anilines is 2. The van der Waals surface area contributed by atoms with Crippen molar-refractivity contribution in [1.82, 2.24) is 5.32 Å². The van der Waals surface area contributed by atoms with Crippen LogP contribution in [0.15, 0.2) is 24.3 Å². The Bertz CT molecular complexity index is 493. The predicted octanol–water partition coefficient (Wildman–Crippen LogP) is 1.75. The summed E-state index contributed by atoms with van der Waals surface area (Å²) in [4.78, 5) is 13.5. The third-order valence-electron chi connectivity index (χ3n) is 3.08. The van der Waals surface area contributed by atoms with Gasteiger partial charge in [0.15, 0.2) is 5.11 Å². The molecule has 2 N–H and O–H groups in total. The highest BCUT2D eigenvalue weighted by Gasteiger charge is 2.21. The molecule has 1 amide bonds. The number of carbonyl (C=O) groups is 1. The maximum atomic E-state index is 11.7. The summed E-state index contributed by atoms with van der Waals surface area (Å²) in [5.74, 6) is 0.183. The lowest BCUT2D eigenvalue weighted by molar-refractivity contribution is -0.117. The van der Waals surface area contributed by atoms with Crippen LogP contribution in [0.25, 0.3) is 0 Å². The molecule has 1 aliphatic rings. The van der Waals surface area contributed by atoms with E-state index in [1.165, 1.54) is 0 Å². The minimum absolute atomic E-state index is 0.183. The van der Waals surface area contributed by atoms with Gasteiger partial charge in [-0.15, -0.1) is 0 Å². The highest BCUT2D eigenvalue weighted by atomic mass is 32.1. The number of nitrogens with zero attached hydrogens (tertiary/aromatic N) is 1. The molecule has 0 saturated carbocycles. The van der Waals surface area contributed by atoms with Gasteiger partial charge in [0.2, 0.25) is 5.91 Å². The largest absolute Gasteiger partial charge is 0.383 e. The molecule has 2 rings (SSSR count). The van der Waals surface area contributed by atoms with Gasteiger partial charge in [-0.2, -0.15) is 0 Å². The fourth-order valence-electron chi connectivity index (χ4n) is 2.11. The van der Waals surface area contributed by atoms with Crippen LogP contribution in [0.2, 0.25) is 0 Å². The molecule has 5 nitrogen and oxygen atoms in total. The highest BCUT2D eigenvalue weighted by molar-refractivity contribution is 7.80. The van der Waals surface area contributed by atoms with Gasteiger partial charge >= 0.3 is 0 Å². The number of methoxy groups -OCH3 is 1. The number of rotatable bonds is 5. The van der Waals surface area contributed by atoms with E-state index in [0.717, 1.165) is 24.3 Å². The predicted molar refractivity (Wildman–Crippen MR) is 84.1 cm³/mol. The van der Waals surface area contributed by atoms with Crippen LogP contribution in [-0.4, -0.2) is 37.8 Å². The van der Waals surface area contributed by atoms with Gasteiger partial charge in [-0.25, -0.2) is 0 Å². The molecule has 0 unspecified atom stereocenters. The second-order valence-corrected chi connectivity index (χ2v) is 4.98. The lowest BCUT2D eigenvalue weighted by atomic mass is 10.2. The Morgan fingerprint density at radius 1 is 1.50 bits per heavy atom. The summed E-state index contributed by atoms with van der Waals surface area (Å²) in [7, 11) is 1.65. The summed E-state index contributed by atoms with van der Waals surface area (Å²) in [5, 5.41) is 6.70. The van der Waals surface area contributed by atoms with E-state index in [9.17, 15) is 4.79 Å². The highest BCUT2D eigenvalue weighted by Crippen LogP contribution is 2.24. The molecular weight excluding hydrogens is 274 g/mol. The van der Waals surface area contributed by atoms with E-state index in [1.54, 1.807) is 7.11 Å². The monoisotopic (exact) mass is 293 g/mol. The second kappa shape index (κ2) is 7.21. The number of thiocarbonyl (C=S) groups is 1. The first-order chi connectivity index (χ1) is 9.70. The molecule has 108 valence electrons. The van der Waals surface area contributed by atoms with Crippen LogP contribution >= 0.6 is 12.2 Å². The number of ether oxygens (including phenoxy) is 1. The van der Waals surface area contributed by atoms with E-state index < -0.39 is 0 Å². The molecule has 0 aromatic heterocycles. The average molecular weight is 293 g/mol. The van der Waals surface area contributed by atoms with E-state index in [2.05, 4.69) is 10.6 Å². The molecule has 1 fully saturated rings. The van der Waals surface area contributed by atoms with Crippen molar-refractivity contribution in [3.05, 3.63) is 24.3 Å². The number of hydrogen-bond donors (Lipinski definition) is 2. The number of nitrogens with one attached hydrogen (secondary N) is 2. The van der Waals surface area contributed by atoms with Crippen LogP contribution in [0.3, 0.4) is 0 Å². The first kappa shape index (κ1) is 14.7. The number of carbonyl (C=O) groups excluding carboxylic acids is 1. The van der Waals surface area contributed by atoms with Crippen LogP contribution in [0.5, 0.6) is 0 Å². The van der Waals surface area contributed by atoms with Crippen molar-refractivity contribution < 1.29 is 9.53 Å². The molecule has 20 heavy (non-hydrogen) atoms. The van der Waals surface area contributed by atoms with Crippen LogP contribution in [0.4, 0.5) is 11.4 Å². The van der Waals surface area contributed by atoms with Crippen molar-refractivity contribution in [1.29, 1.82) is 0 Å². The number of hydrogen-bond acceptors (Lipinski definition) is 3. The van der Waals surface area contributed by atoms with Crippen molar-refractivity contribution in [2.75, 3.05) is 37.0 Å². The Morgan fingerprint density at radius 2 is 2.35 bits per heavy atom. The Kier molecular flexibility index (Phi) is 5.31. The van der Waals surface area contributed by atoms with Crippen molar-refractivity contribution in [2.45, 2.75) is 12.8 Å². The molecule has 1 aliphatic heterocycles. The summed E-state index contributed by atoms with van der Waals surface area (Å²) in [6.07, 6.45) is 1.56. The second-order valence-electron chi connectivity index (χ2n) is 4.57. The standard InChI is InChI=1S/C14H19N3O2S/c1-19-9-7-15-14(20)16-11-4-2-5-12(10-11)17-8-3-6-13(17)18/h2,4-5,10H,3,6-9H2,1H3,(H2,15,16,20). The molecule has 1 heterocycles. The maximum absolute atomic E-state index is 11.7. The molecule has 6 heteroatoms. The van der Waals surface area contributed by atoms with Gasteiger partial charge in [0.05, 0.1) is 6.61 Å². The Balaban J connectivity index is 1.95. The molecule has 0 bridgehead atoms. The van der Waals surface area contributed by atoms with Gasteiger partial charge in [0.1, 0.15) is 0 Å². The summed E-state index contributed by atoms with van der Waals surface area (Å²) < 4.78 is 4.95. The van der Waals surface area contributed by atoms with Gasteiger partial charge in [-0.3, -0.25) is 4.79 Å². The van der Waals surface area contributed by atoms with E-state index in [1.807, 2.05) is 29.2 Å². The van der Waals surface area contributed by atoms with Crippen LogP contribution in [0, 0.1) is 0 Å². The zero-order chi connectivity index (χ0) is 14.4. The molecule has 0 spiro atoms. The molecule has 1 saturated heterocycles. The van der Waals surface area contributed by atoms with Gasteiger partial charge in [0, 0.05) is 38.0 Å². The fraction of sp³-hybridized carbons (Fsp3) is 0.429. The fourth-order valence-corrected chi connectivity index (χ4v) is 2.33. The van der Waals surface area contributed by atoms with Crippen LogP contribution in [0.1, 0.15) is 12.8 Å². The first-order valence-electron chi connectivity index (χ1n) is 6.65. The van der Waals surface area contributed by atoms with Crippen molar-refractivity contribution >= 4 is 34.6 Å².